The Hall–Kier alpha value is -2.52. The van der Waals surface area contributed by atoms with Crippen LogP contribution >= 0.6 is 0 Å². The molecular formula is C21H21NO2. The summed E-state index contributed by atoms with van der Waals surface area (Å²) in [7, 11) is 0. The Morgan fingerprint density at radius 2 is 1.75 bits per heavy atom. The van der Waals surface area contributed by atoms with E-state index in [1.807, 2.05) is 30.3 Å². The molecule has 0 aliphatic carbocycles. The van der Waals surface area contributed by atoms with Crippen LogP contribution in [0.4, 0.5) is 5.69 Å². The summed E-state index contributed by atoms with van der Waals surface area (Å²) in [6, 6.07) is 22.6. The molecule has 0 radical (unpaired) electrons. The fourth-order valence-electron chi connectivity index (χ4n) is 3.41. The summed E-state index contributed by atoms with van der Waals surface area (Å²) in [5.41, 5.74) is 2.60. The molecule has 0 spiro atoms. The number of hydrogen-bond donors (Lipinski definition) is 1. The van der Waals surface area contributed by atoms with Gasteiger partial charge < -0.3 is 14.7 Å². The molecule has 1 atom stereocenters. The fourth-order valence-corrected chi connectivity index (χ4v) is 3.41. The van der Waals surface area contributed by atoms with Crippen molar-refractivity contribution < 1.29 is 9.84 Å². The van der Waals surface area contributed by atoms with Crippen molar-refractivity contribution in [3.63, 3.8) is 0 Å². The van der Waals surface area contributed by atoms with E-state index in [0.717, 1.165) is 29.5 Å². The van der Waals surface area contributed by atoms with Gasteiger partial charge in [0.1, 0.15) is 18.5 Å². The molecule has 3 nitrogen and oxygen atoms in total. The summed E-state index contributed by atoms with van der Waals surface area (Å²) in [5.74, 6) is 0.828. The molecular weight excluding hydrogens is 298 g/mol. The monoisotopic (exact) mass is 319 g/mol. The van der Waals surface area contributed by atoms with Gasteiger partial charge in [0.2, 0.25) is 0 Å². The Bertz CT molecular complexity index is 841. The number of nitrogens with zero attached hydrogens (tertiary/aromatic N) is 1. The topological polar surface area (TPSA) is 32.7 Å². The van der Waals surface area contributed by atoms with Crippen molar-refractivity contribution >= 4 is 16.5 Å². The average Bonchev–Trinajstić information content (AvgIpc) is 3.03. The van der Waals surface area contributed by atoms with Gasteiger partial charge in [0.25, 0.3) is 0 Å². The second-order valence-corrected chi connectivity index (χ2v) is 6.27. The minimum absolute atomic E-state index is 0.298. The number of ether oxygens (including phenoxy) is 1. The van der Waals surface area contributed by atoms with Crippen LogP contribution in [-0.4, -0.2) is 30.9 Å². The van der Waals surface area contributed by atoms with E-state index in [9.17, 15) is 5.11 Å². The lowest BCUT2D eigenvalue weighted by Crippen LogP contribution is -2.34. The van der Waals surface area contributed by atoms with Crippen molar-refractivity contribution in [2.24, 2.45) is 0 Å². The third kappa shape index (κ3) is 2.95. The Morgan fingerprint density at radius 3 is 2.71 bits per heavy atom. The number of hydrogen-bond acceptors (Lipinski definition) is 3. The van der Waals surface area contributed by atoms with Gasteiger partial charge in [-0.1, -0.05) is 54.6 Å². The van der Waals surface area contributed by atoms with Crippen molar-refractivity contribution in [1.29, 1.82) is 0 Å². The minimum Gasteiger partial charge on any atom is -0.490 e. The maximum Gasteiger partial charge on any atom is 0.127 e. The largest absolute Gasteiger partial charge is 0.490 e. The van der Waals surface area contributed by atoms with Gasteiger partial charge in [-0.15, -0.1) is 0 Å². The lowest BCUT2D eigenvalue weighted by atomic mass is 10.1. The molecule has 0 aromatic heterocycles. The van der Waals surface area contributed by atoms with Gasteiger partial charge in [0.05, 0.1) is 0 Å². The second-order valence-electron chi connectivity index (χ2n) is 6.27. The molecule has 0 saturated heterocycles. The molecule has 3 aromatic carbocycles. The van der Waals surface area contributed by atoms with Crippen molar-refractivity contribution in [1.82, 2.24) is 0 Å². The first-order valence-corrected chi connectivity index (χ1v) is 8.43. The van der Waals surface area contributed by atoms with Crippen molar-refractivity contribution in [2.75, 3.05) is 24.6 Å². The van der Waals surface area contributed by atoms with Crippen LogP contribution in [0.5, 0.6) is 5.75 Å². The molecule has 1 aliphatic rings. The molecule has 0 bridgehead atoms. The first kappa shape index (κ1) is 15.0. The molecule has 4 rings (SSSR count). The van der Waals surface area contributed by atoms with Crippen LogP contribution in [0.1, 0.15) is 5.56 Å². The van der Waals surface area contributed by atoms with Crippen LogP contribution in [0.25, 0.3) is 10.8 Å². The normalized spacial score (nSPS) is 14.6. The molecule has 0 fully saturated rings. The number of anilines is 1. The highest BCUT2D eigenvalue weighted by Crippen LogP contribution is 2.28. The van der Waals surface area contributed by atoms with E-state index >= 15 is 0 Å². The van der Waals surface area contributed by atoms with Gasteiger partial charge in [-0.3, -0.25) is 0 Å². The van der Waals surface area contributed by atoms with Crippen LogP contribution in [-0.2, 0) is 6.42 Å². The molecule has 1 unspecified atom stereocenters. The van der Waals surface area contributed by atoms with Crippen molar-refractivity contribution in [3.05, 3.63) is 72.3 Å². The number of aliphatic hydroxyl groups is 1. The molecule has 1 aliphatic heterocycles. The van der Waals surface area contributed by atoms with E-state index < -0.39 is 6.10 Å². The van der Waals surface area contributed by atoms with Gasteiger partial charge >= 0.3 is 0 Å². The van der Waals surface area contributed by atoms with E-state index in [0.29, 0.717) is 13.2 Å². The third-order valence-electron chi connectivity index (χ3n) is 4.60. The highest BCUT2D eigenvalue weighted by molar-refractivity contribution is 5.88. The van der Waals surface area contributed by atoms with Gasteiger partial charge in [-0.05, 0) is 29.5 Å². The number of para-hydroxylation sites is 1. The van der Waals surface area contributed by atoms with Crippen molar-refractivity contribution in [2.45, 2.75) is 12.5 Å². The standard InChI is InChI=1S/C21H21NO2/c23-18(14-22-13-12-17-7-2-4-10-20(17)22)15-24-21-11-5-8-16-6-1-3-9-19(16)21/h1-11,18,23H,12-15H2. The number of benzene rings is 3. The molecule has 0 saturated carbocycles. The number of fused-ring (bicyclic) bond motifs is 2. The number of rotatable bonds is 5. The summed E-state index contributed by atoms with van der Waals surface area (Å²) >= 11 is 0. The summed E-state index contributed by atoms with van der Waals surface area (Å²) in [6.45, 7) is 1.86. The Labute approximate surface area is 142 Å². The molecule has 24 heavy (non-hydrogen) atoms. The summed E-state index contributed by atoms with van der Waals surface area (Å²) in [5, 5.41) is 12.6. The predicted molar refractivity (Wildman–Crippen MR) is 97.8 cm³/mol. The van der Waals surface area contributed by atoms with Crippen LogP contribution in [0.2, 0.25) is 0 Å². The quantitative estimate of drug-likeness (QED) is 0.779. The van der Waals surface area contributed by atoms with E-state index in [2.05, 4.69) is 41.3 Å². The van der Waals surface area contributed by atoms with Crippen LogP contribution < -0.4 is 9.64 Å². The Balaban J connectivity index is 1.41. The fraction of sp³-hybridized carbons (Fsp3) is 0.238. The molecule has 0 amide bonds. The van der Waals surface area contributed by atoms with Gasteiger partial charge in [0, 0.05) is 24.2 Å². The Morgan fingerprint density at radius 1 is 0.958 bits per heavy atom. The first-order chi connectivity index (χ1) is 11.8. The smallest absolute Gasteiger partial charge is 0.127 e. The summed E-state index contributed by atoms with van der Waals surface area (Å²) < 4.78 is 5.90. The van der Waals surface area contributed by atoms with Gasteiger partial charge in [-0.25, -0.2) is 0 Å². The molecule has 1 N–H and O–H groups in total. The van der Waals surface area contributed by atoms with Crippen molar-refractivity contribution in [3.8, 4) is 5.75 Å². The molecule has 3 aromatic rings. The van der Waals surface area contributed by atoms with Crippen LogP contribution in [0.3, 0.4) is 0 Å². The predicted octanol–water partition coefficient (Wildman–Crippen LogP) is 3.64. The highest BCUT2D eigenvalue weighted by Gasteiger charge is 2.21. The Kier molecular flexibility index (Phi) is 4.09. The number of β-amino-alcohol motifs (C(OH)–C–C–N with tert-alkyl or cyclic N) is 1. The SMILES string of the molecule is OC(COc1cccc2ccccc12)CN1CCc2ccccc21. The first-order valence-electron chi connectivity index (χ1n) is 8.43. The van der Waals surface area contributed by atoms with Crippen LogP contribution in [0.15, 0.2) is 66.7 Å². The summed E-state index contributed by atoms with van der Waals surface area (Å²) in [6.07, 6.45) is 0.530. The summed E-state index contributed by atoms with van der Waals surface area (Å²) in [4.78, 5) is 2.24. The second kappa shape index (κ2) is 6.54. The third-order valence-corrected chi connectivity index (χ3v) is 4.60. The maximum absolute atomic E-state index is 10.4. The highest BCUT2D eigenvalue weighted by atomic mass is 16.5. The molecule has 1 heterocycles. The number of aliphatic hydroxyl groups excluding tert-OH is 1. The van der Waals surface area contributed by atoms with Gasteiger partial charge in [0.15, 0.2) is 0 Å². The minimum atomic E-state index is -0.518. The van der Waals surface area contributed by atoms with E-state index in [4.69, 9.17) is 4.74 Å². The zero-order valence-corrected chi connectivity index (χ0v) is 13.6. The maximum atomic E-state index is 10.4. The zero-order chi connectivity index (χ0) is 16.4. The lowest BCUT2D eigenvalue weighted by molar-refractivity contribution is 0.113. The average molecular weight is 319 g/mol. The molecule has 122 valence electrons. The van der Waals surface area contributed by atoms with E-state index in [-0.39, 0.29) is 0 Å². The molecule has 3 heteroatoms. The zero-order valence-electron chi connectivity index (χ0n) is 13.6. The van der Waals surface area contributed by atoms with E-state index in [1.165, 1.54) is 11.3 Å². The lowest BCUT2D eigenvalue weighted by Gasteiger charge is -2.23. The van der Waals surface area contributed by atoms with Gasteiger partial charge in [-0.2, -0.15) is 0 Å². The van der Waals surface area contributed by atoms with E-state index in [1.54, 1.807) is 0 Å². The van der Waals surface area contributed by atoms with Crippen LogP contribution in [0, 0.1) is 0 Å².